The molecule has 2 rings (SSSR count). The van der Waals surface area contributed by atoms with E-state index in [1.54, 1.807) is 50.2 Å². The minimum atomic E-state index is -0.807. The third-order valence-electron chi connectivity index (χ3n) is 3.93. The predicted molar refractivity (Wildman–Crippen MR) is 92.5 cm³/mol. The molecule has 24 heavy (non-hydrogen) atoms. The topological polar surface area (TPSA) is 63.6 Å². The zero-order valence-electron chi connectivity index (χ0n) is 14.0. The quantitative estimate of drug-likeness (QED) is 0.583. The van der Waals surface area contributed by atoms with Crippen molar-refractivity contribution in [3.63, 3.8) is 0 Å². The second-order valence-corrected chi connectivity index (χ2v) is 6.36. The van der Waals surface area contributed by atoms with Crippen LogP contribution in [0, 0.1) is 5.41 Å². The molecular formula is C20H22O4. The summed E-state index contributed by atoms with van der Waals surface area (Å²) in [6.45, 7) is 3.82. The molecule has 2 aromatic rings. The Morgan fingerprint density at radius 3 is 2.33 bits per heavy atom. The SMILES string of the molecule is CC(C)(CCCOc1cccc(C(=O)c2ccccc2)c1)C(=O)O. The molecule has 0 aliphatic rings. The van der Waals surface area contributed by atoms with Crippen molar-refractivity contribution in [3.05, 3.63) is 65.7 Å². The van der Waals surface area contributed by atoms with Crippen LogP contribution in [0.1, 0.15) is 42.6 Å². The highest BCUT2D eigenvalue weighted by atomic mass is 16.5. The van der Waals surface area contributed by atoms with Crippen LogP contribution in [0.3, 0.4) is 0 Å². The summed E-state index contributed by atoms with van der Waals surface area (Å²) in [5.74, 6) is -0.240. The molecule has 4 nitrogen and oxygen atoms in total. The maximum atomic E-state index is 12.4. The average Bonchev–Trinajstić information content (AvgIpc) is 2.59. The molecule has 0 spiro atoms. The van der Waals surface area contributed by atoms with Gasteiger partial charge >= 0.3 is 5.97 Å². The van der Waals surface area contributed by atoms with Crippen LogP contribution in [0.5, 0.6) is 5.75 Å². The first-order valence-corrected chi connectivity index (χ1v) is 7.96. The fourth-order valence-electron chi connectivity index (χ4n) is 2.29. The van der Waals surface area contributed by atoms with E-state index in [9.17, 15) is 9.59 Å². The minimum Gasteiger partial charge on any atom is -0.494 e. The van der Waals surface area contributed by atoms with Gasteiger partial charge in [0.25, 0.3) is 0 Å². The molecule has 126 valence electrons. The largest absolute Gasteiger partial charge is 0.494 e. The number of hydrogen-bond acceptors (Lipinski definition) is 3. The van der Waals surface area contributed by atoms with Crippen molar-refractivity contribution < 1.29 is 19.4 Å². The number of ketones is 1. The number of aliphatic carboxylic acids is 1. The number of carboxylic acids is 1. The van der Waals surface area contributed by atoms with Gasteiger partial charge in [-0.15, -0.1) is 0 Å². The zero-order chi connectivity index (χ0) is 17.6. The zero-order valence-corrected chi connectivity index (χ0v) is 14.0. The van der Waals surface area contributed by atoms with Gasteiger partial charge in [-0.25, -0.2) is 0 Å². The second-order valence-electron chi connectivity index (χ2n) is 6.36. The third kappa shape index (κ3) is 4.69. The number of benzene rings is 2. The molecule has 0 atom stereocenters. The van der Waals surface area contributed by atoms with Gasteiger partial charge in [-0.05, 0) is 38.8 Å². The lowest BCUT2D eigenvalue weighted by molar-refractivity contribution is -0.147. The summed E-state index contributed by atoms with van der Waals surface area (Å²) in [5, 5.41) is 9.09. The van der Waals surface area contributed by atoms with E-state index in [-0.39, 0.29) is 5.78 Å². The van der Waals surface area contributed by atoms with Gasteiger partial charge in [-0.1, -0.05) is 42.5 Å². The Balaban J connectivity index is 1.94. The maximum Gasteiger partial charge on any atom is 0.309 e. The Morgan fingerprint density at radius 1 is 1.00 bits per heavy atom. The molecular weight excluding hydrogens is 304 g/mol. The number of carboxylic acid groups (broad SMARTS) is 1. The molecule has 0 saturated carbocycles. The van der Waals surface area contributed by atoms with Crippen LogP contribution < -0.4 is 4.74 Å². The van der Waals surface area contributed by atoms with E-state index < -0.39 is 11.4 Å². The predicted octanol–water partition coefficient (Wildman–Crippen LogP) is 4.19. The minimum absolute atomic E-state index is 0.0481. The summed E-state index contributed by atoms with van der Waals surface area (Å²) in [4.78, 5) is 23.5. The Hall–Kier alpha value is -2.62. The molecule has 0 heterocycles. The summed E-state index contributed by atoms with van der Waals surface area (Å²) in [6, 6.07) is 16.2. The molecule has 0 aliphatic heterocycles. The van der Waals surface area contributed by atoms with Crippen molar-refractivity contribution in [3.8, 4) is 5.75 Å². The van der Waals surface area contributed by atoms with Crippen molar-refractivity contribution in [1.29, 1.82) is 0 Å². The van der Waals surface area contributed by atoms with Crippen LogP contribution in [-0.4, -0.2) is 23.5 Å². The van der Waals surface area contributed by atoms with Gasteiger partial charge in [0.15, 0.2) is 5.78 Å². The molecule has 0 amide bonds. The van der Waals surface area contributed by atoms with Crippen molar-refractivity contribution in [2.75, 3.05) is 6.61 Å². The highest BCUT2D eigenvalue weighted by Crippen LogP contribution is 2.23. The van der Waals surface area contributed by atoms with E-state index in [0.717, 1.165) is 0 Å². The first-order valence-electron chi connectivity index (χ1n) is 7.96. The Labute approximate surface area is 142 Å². The van der Waals surface area contributed by atoms with E-state index in [1.807, 2.05) is 18.2 Å². The van der Waals surface area contributed by atoms with Crippen LogP contribution in [-0.2, 0) is 4.79 Å². The van der Waals surface area contributed by atoms with Crippen molar-refractivity contribution in [1.82, 2.24) is 0 Å². The molecule has 0 bridgehead atoms. The number of carbonyl (C=O) groups excluding carboxylic acids is 1. The first-order chi connectivity index (χ1) is 11.4. The molecule has 1 N–H and O–H groups in total. The van der Waals surface area contributed by atoms with E-state index in [0.29, 0.717) is 36.3 Å². The van der Waals surface area contributed by atoms with Crippen LogP contribution >= 0.6 is 0 Å². The van der Waals surface area contributed by atoms with Gasteiger partial charge in [0.05, 0.1) is 12.0 Å². The lowest BCUT2D eigenvalue weighted by atomic mass is 9.88. The van der Waals surface area contributed by atoms with Crippen molar-refractivity contribution >= 4 is 11.8 Å². The highest BCUT2D eigenvalue weighted by Gasteiger charge is 2.26. The van der Waals surface area contributed by atoms with Gasteiger partial charge in [-0.3, -0.25) is 9.59 Å². The summed E-state index contributed by atoms with van der Waals surface area (Å²) < 4.78 is 5.66. The van der Waals surface area contributed by atoms with Crippen molar-refractivity contribution in [2.45, 2.75) is 26.7 Å². The van der Waals surface area contributed by atoms with Crippen molar-refractivity contribution in [2.24, 2.45) is 5.41 Å². The Kier molecular flexibility index (Phi) is 5.74. The number of hydrogen-bond donors (Lipinski definition) is 1. The second kappa shape index (κ2) is 7.77. The molecule has 4 heteroatoms. The maximum absolute atomic E-state index is 12.4. The van der Waals surface area contributed by atoms with Gasteiger partial charge in [0.1, 0.15) is 5.75 Å². The first kappa shape index (κ1) is 17.7. The summed E-state index contributed by atoms with van der Waals surface area (Å²) in [7, 11) is 0. The molecule has 0 aliphatic carbocycles. The van der Waals surface area contributed by atoms with E-state index in [4.69, 9.17) is 9.84 Å². The van der Waals surface area contributed by atoms with Crippen LogP contribution in [0.2, 0.25) is 0 Å². The normalized spacial score (nSPS) is 11.1. The van der Waals surface area contributed by atoms with E-state index >= 15 is 0 Å². The summed E-state index contributed by atoms with van der Waals surface area (Å²) in [6.07, 6.45) is 1.17. The van der Waals surface area contributed by atoms with Gasteiger partial charge < -0.3 is 9.84 Å². The fraction of sp³-hybridized carbons (Fsp3) is 0.300. The van der Waals surface area contributed by atoms with Gasteiger partial charge in [0, 0.05) is 11.1 Å². The number of rotatable bonds is 8. The van der Waals surface area contributed by atoms with E-state index in [1.165, 1.54) is 0 Å². The van der Waals surface area contributed by atoms with Crippen LogP contribution in [0.4, 0.5) is 0 Å². The van der Waals surface area contributed by atoms with Crippen LogP contribution in [0.15, 0.2) is 54.6 Å². The monoisotopic (exact) mass is 326 g/mol. The molecule has 2 aromatic carbocycles. The van der Waals surface area contributed by atoms with E-state index in [2.05, 4.69) is 0 Å². The molecule has 0 saturated heterocycles. The Bertz CT molecular complexity index is 705. The molecule has 0 aromatic heterocycles. The highest BCUT2D eigenvalue weighted by molar-refractivity contribution is 6.09. The number of carbonyl (C=O) groups is 2. The smallest absolute Gasteiger partial charge is 0.309 e. The van der Waals surface area contributed by atoms with Gasteiger partial charge in [-0.2, -0.15) is 0 Å². The molecule has 0 unspecified atom stereocenters. The summed E-state index contributed by atoms with van der Waals surface area (Å²) >= 11 is 0. The number of ether oxygens (including phenoxy) is 1. The standard InChI is InChI=1S/C20H22O4/c1-20(2,19(22)23)12-7-13-24-17-11-6-10-16(14-17)18(21)15-8-4-3-5-9-15/h3-6,8-11,14H,7,12-13H2,1-2H3,(H,22,23). The average molecular weight is 326 g/mol. The molecule has 0 radical (unpaired) electrons. The third-order valence-corrected chi connectivity index (χ3v) is 3.93. The lowest BCUT2D eigenvalue weighted by Crippen LogP contribution is -2.24. The summed E-state index contributed by atoms with van der Waals surface area (Å²) in [5.41, 5.74) is 0.455. The fourth-order valence-corrected chi connectivity index (χ4v) is 2.29. The van der Waals surface area contributed by atoms with Crippen LogP contribution in [0.25, 0.3) is 0 Å². The molecule has 0 fully saturated rings. The van der Waals surface area contributed by atoms with Gasteiger partial charge in [0.2, 0.25) is 0 Å². The Morgan fingerprint density at radius 2 is 1.67 bits per heavy atom. The lowest BCUT2D eigenvalue weighted by Gasteiger charge is -2.18.